The Bertz CT molecular complexity index is 431. The first-order valence-electron chi connectivity index (χ1n) is 3.35. The van der Waals surface area contributed by atoms with Gasteiger partial charge in [-0.05, 0) is 15.9 Å². The maximum absolute atomic E-state index is 5.84. The molecule has 0 atom stereocenters. The highest BCUT2D eigenvalue weighted by molar-refractivity contribution is 9.11. The molecule has 0 saturated carbocycles. The molecule has 2 aromatic heterocycles. The van der Waals surface area contributed by atoms with Crippen LogP contribution in [0.2, 0.25) is 5.15 Å². The normalized spacial score (nSPS) is 10.3. The first kappa shape index (κ1) is 9.05. The van der Waals surface area contributed by atoms with Gasteiger partial charge in [-0.25, -0.2) is 15.0 Å². The van der Waals surface area contributed by atoms with E-state index in [1.807, 2.05) is 5.38 Å². The monoisotopic (exact) mass is 275 g/mol. The summed E-state index contributed by atoms with van der Waals surface area (Å²) in [6.45, 7) is 0. The zero-order chi connectivity index (χ0) is 9.26. The van der Waals surface area contributed by atoms with E-state index in [4.69, 9.17) is 11.6 Å². The lowest BCUT2D eigenvalue weighted by atomic mass is 10.4. The van der Waals surface area contributed by atoms with Gasteiger partial charge in [-0.1, -0.05) is 11.6 Å². The van der Waals surface area contributed by atoms with Crippen LogP contribution in [0.3, 0.4) is 0 Å². The molecule has 0 bridgehead atoms. The van der Waals surface area contributed by atoms with E-state index in [-0.39, 0.29) is 0 Å². The fraction of sp³-hybridized carbons (Fsp3) is 0. The van der Waals surface area contributed by atoms with Crippen molar-refractivity contribution in [3.05, 3.63) is 26.8 Å². The van der Waals surface area contributed by atoms with Crippen molar-refractivity contribution in [3.8, 4) is 11.4 Å². The molecule has 6 heteroatoms. The lowest BCUT2D eigenvalue weighted by Crippen LogP contribution is -1.86. The standard InChI is InChI=1S/C7H3BrClN3S/c8-7-12-4(3-13-7)5-6(9)11-2-1-10-5/h1-3H. The van der Waals surface area contributed by atoms with Gasteiger partial charge in [0.1, 0.15) is 11.4 Å². The summed E-state index contributed by atoms with van der Waals surface area (Å²) in [5.74, 6) is 0. The Labute approximate surface area is 92.0 Å². The van der Waals surface area contributed by atoms with E-state index < -0.39 is 0 Å². The van der Waals surface area contributed by atoms with E-state index in [0.29, 0.717) is 10.8 Å². The Morgan fingerprint density at radius 2 is 2.08 bits per heavy atom. The Morgan fingerprint density at radius 3 is 2.69 bits per heavy atom. The topological polar surface area (TPSA) is 38.7 Å². The highest BCUT2D eigenvalue weighted by Gasteiger charge is 2.08. The largest absolute Gasteiger partial charge is 0.250 e. The van der Waals surface area contributed by atoms with Crippen LogP contribution in [0.25, 0.3) is 11.4 Å². The summed E-state index contributed by atoms with van der Waals surface area (Å²) < 4.78 is 0.809. The summed E-state index contributed by atoms with van der Waals surface area (Å²) in [6.07, 6.45) is 3.14. The number of hydrogen-bond donors (Lipinski definition) is 0. The Balaban J connectivity index is 2.52. The zero-order valence-corrected chi connectivity index (χ0v) is 9.40. The number of thiazole rings is 1. The van der Waals surface area contributed by atoms with Crippen molar-refractivity contribution < 1.29 is 0 Å². The van der Waals surface area contributed by atoms with Crippen LogP contribution >= 0.6 is 38.9 Å². The van der Waals surface area contributed by atoms with Gasteiger partial charge in [0.2, 0.25) is 0 Å². The average molecular weight is 277 g/mol. The molecule has 0 saturated heterocycles. The fourth-order valence-corrected chi connectivity index (χ4v) is 2.05. The minimum atomic E-state index is 0.375. The smallest absolute Gasteiger partial charge is 0.159 e. The van der Waals surface area contributed by atoms with Crippen molar-refractivity contribution in [1.29, 1.82) is 0 Å². The first-order chi connectivity index (χ1) is 6.27. The molecule has 2 rings (SSSR count). The van der Waals surface area contributed by atoms with E-state index in [1.54, 1.807) is 12.4 Å². The summed E-state index contributed by atoms with van der Waals surface area (Å²) >= 11 is 10.6. The van der Waals surface area contributed by atoms with Gasteiger partial charge < -0.3 is 0 Å². The molecule has 0 radical (unpaired) electrons. The Morgan fingerprint density at radius 1 is 1.31 bits per heavy atom. The van der Waals surface area contributed by atoms with Crippen LogP contribution in [0.5, 0.6) is 0 Å². The number of halogens is 2. The van der Waals surface area contributed by atoms with Crippen LogP contribution in [-0.4, -0.2) is 15.0 Å². The molecule has 2 heterocycles. The van der Waals surface area contributed by atoms with Crippen LogP contribution in [0.4, 0.5) is 0 Å². The van der Waals surface area contributed by atoms with Crippen LogP contribution in [0, 0.1) is 0 Å². The summed E-state index contributed by atoms with van der Waals surface area (Å²) in [7, 11) is 0. The van der Waals surface area contributed by atoms with Crippen molar-refractivity contribution in [2.45, 2.75) is 0 Å². The molecule has 2 aromatic rings. The predicted octanol–water partition coefficient (Wildman–Crippen LogP) is 3.02. The second-order valence-corrected chi connectivity index (χ2v) is 4.67. The van der Waals surface area contributed by atoms with E-state index in [1.165, 1.54) is 11.3 Å². The molecule has 3 nitrogen and oxygen atoms in total. The van der Waals surface area contributed by atoms with Crippen LogP contribution in [0.1, 0.15) is 0 Å². The van der Waals surface area contributed by atoms with Crippen molar-refractivity contribution in [1.82, 2.24) is 15.0 Å². The molecular formula is C7H3BrClN3S. The summed E-state index contributed by atoms with van der Waals surface area (Å²) in [5, 5.41) is 2.25. The van der Waals surface area contributed by atoms with E-state index in [2.05, 4.69) is 30.9 Å². The average Bonchev–Trinajstić information content (AvgIpc) is 2.53. The van der Waals surface area contributed by atoms with E-state index in [9.17, 15) is 0 Å². The van der Waals surface area contributed by atoms with Gasteiger partial charge in [0, 0.05) is 17.8 Å². The predicted molar refractivity (Wildman–Crippen MR) is 55.9 cm³/mol. The maximum atomic E-state index is 5.84. The highest BCUT2D eigenvalue weighted by atomic mass is 79.9. The van der Waals surface area contributed by atoms with Crippen molar-refractivity contribution in [2.24, 2.45) is 0 Å². The van der Waals surface area contributed by atoms with Gasteiger partial charge in [0.25, 0.3) is 0 Å². The van der Waals surface area contributed by atoms with Gasteiger partial charge >= 0.3 is 0 Å². The fourth-order valence-electron chi connectivity index (χ4n) is 0.853. The second-order valence-electron chi connectivity index (χ2n) is 2.18. The van der Waals surface area contributed by atoms with Gasteiger partial charge in [-0.15, -0.1) is 11.3 Å². The van der Waals surface area contributed by atoms with E-state index in [0.717, 1.165) is 9.61 Å². The molecule has 0 amide bonds. The number of nitrogens with zero attached hydrogens (tertiary/aromatic N) is 3. The molecule has 0 N–H and O–H groups in total. The van der Waals surface area contributed by atoms with Crippen LogP contribution in [-0.2, 0) is 0 Å². The van der Waals surface area contributed by atoms with Crippen LogP contribution < -0.4 is 0 Å². The van der Waals surface area contributed by atoms with Gasteiger partial charge in [0.15, 0.2) is 9.07 Å². The summed E-state index contributed by atoms with van der Waals surface area (Å²) in [6, 6.07) is 0. The molecule has 0 fully saturated rings. The molecule has 0 aliphatic carbocycles. The Hall–Kier alpha value is -0.520. The van der Waals surface area contributed by atoms with E-state index >= 15 is 0 Å². The van der Waals surface area contributed by atoms with Gasteiger partial charge in [0.05, 0.1) is 0 Å². The maximum Gasteiger partial charge on any atom is 0.159 e. The molecule has 13 heavy (non-hydrogen) atoms. The highest BCUT2D eigenvalue weighted by Crippen LogP contribution is 2.26. The number of aromatic nitrogens is 3. The molecule has 0 spiro atoms. The first-order valence-corrected chi connectivity index (χ1v) is 5.40. The summed E-state index contributed by atoms with van der Waals surface area (Å²) in [5.41, 5.74) is 1.36. The van der Waals surface area contributed by atoms with Crippen molar-refractivity contribution >= 4 is 38.9 Å². The minimum absolute atomic E-state index is 0.375. The van der Waals surface area contributed by atoms with Gasteiger partial charge in [-0.3, -0.25) is 0 Å². The molecule has 0 aliphatic heterocycles. The quantitative estimate of drug-likeness (QED) is 0.803. The summed E-state index contributed by atoms with van der Waals surface area (Å²) in [4.78, 5) is 12.2. The van der Waals surface area contributed by atoms with Crippen molar-refractivity contribution in [2.75, 3.05) is 0 Å². The van der Waals surface area contributed by atoms with Gasteiger partial charge in [-0.2, -0.15) is 0 Å². The minimum Gasteiger partial charge on any atom is -0.250 e. The lowest BCUT2D eigenvalue weighted by molar-refractivity contribution is 1.18. The molecule has 0 aromatic carbocycles. The lowest BCUT2D eigenvalue weighted by Gasteiger charge is -1.95. The zero-order valence-electron chi connectivity index (χ0n) is 6.24. The molecule has 0 unspecified atom stereocenters. The third-order valence-electron chi connectivity index (χ3n) is 1.37. The van der Waals surface area contributed by atoms with Crippen molar-refractivity contribution in [3.63, 3.8) is 0 Å². The van der Waals surface area contributed by atoms with Crippen LogP contribution in [0.15, 0.2) is 21.7 Å². The molecular weight excluding hydrogens is 274 g/mol. The number of hydrogen-bond acceptors (Lipinski definition) is 4. The molecule has 66 valence electrons. The SMILES string of the molecule is Clc1nccnc1-c1csc(Br)n1. The second kappa shape index (κ2) is 3.69. The third-order valence-corrected chi connectivity index (χ3v) is 3.01. The third kappa shape index (κ3) is 1.87. The Kier molecular flexibility index (Phi) is 2.57. The number of rotatable bonds is 1. The molecule has 0 aliphatic rings.